The minimum atomic E-state index is 0.140. The van der Waals surface area contributed by atoms with Gasteiger partial charge in [0.2, 0.25) is 5.91 Å². The van der Waals surface area contributed by atoms with Gasteiger partial charge in [0.05, 0.1) is 0 Å². The van der Waals surface area contributed by atoms with Gasteiger partial charge in [0.1, 0.15) is 0 Å². The average molecular weight is 345 g/mol. The molecule has 2 nitrogen and oxygen atoms in total. The molecule has 0 spiro atoms. The predicted octanol–water partition coefficient (Wildman–Crippen LogP) is 5.14. The molecule has 1 N–H and O–H groups in total. The minimum Gasteiger partial charge on any atom is -0.356 e. The van der Waals surface area contributed by atoms with Crippen LogP contribution in [0.15, 0.2) is 60.7 Å². The Labute approximate surface area is 156 Å². The van der Waals surface area contributed by atoms with Gasteiger partial charge in [0.15, 0.2) is 0 Å². The molecule has 3 aromatic rings. The van der Waals surface area contributed by atoms with Crippen LogP contribution < -0.4 is 5.32 Å². The Morgan fingerprint density at radius 2 is 1.69 bits per heavy atom. The Bertz CT molecular complexity index is 892. The maximum atomic E-state index is 12.1. The van der Waals surface area contributed by atoms with Crippen LogP contribution in [0.5, 0.6) is 0 Å². The Balaban J connectivity index is 1.43. The monoisotopic (exact) mass is 345 g/mol. The Kier molecular flexibility index (Phi) is 6.06. The molecular weight excluding hydrogens is 318 g/mol. The fraction of sp³-hybridized carbons (Fsp3) is 0.292. The van der Waals surface area contributed by atoms with Crippen molar-refractivity contribution in [2.45, 2.75) is 39.5 Å². The molecule has 0 heterocycles. The summed E-state index contributed by atoms with van der Waals surface area (Å²) >= 11 is 0. The van der Waals surface area contributed by atoms with Crippen LogP contribution in [0.25, 0.3) is 10.8 Å². The summed E-state index contributed by atoms with van der Waals surface area (Å²) < 4.78 is 0. The number of nitrogens with one attached hydrogen (secondary N) is 1. The second kappa shape index (κ2) is 8.66. The molecule has 0 aliphatic rings. The highest BCUT2D eigenvalue weighted by atomic mass is 16.1. The molecule has 0 saturated carbocycles. The molecule has 3 rings (SSSR count). The molecule has 0 radical (unpaired) electrons. The van der Waals surface area contributed by atoms with Crippen LogP contribution in [0.4, 0.5) is 0 Å². The Morgan fingerprint density at radius 1 is 0.885 bits per heavy atom. The first kappa shape index (κ1) is 18.2. The summed E-state index contributed by atoms with van der Waals surface area (Å²) in [6.45, 7) is 4.96. The van der Waals surface area contributed by atoms with Crippen LogP contribution in [-0.4, -0.2) is 12.5 Å². The van der Waals surface area contributed by atoms with E-state index in [2.05, 4.69) is 79.8 Å². The van der Waals surface area contributed by atoms with Gasteiger partial charge in [-0.25, -0.2) is 0 Å². The zero-order valence-electron chi connectivity index (χ0n) is 15.7. The van der Waals surface area contributed by atoms with E-state index in [1.54, 1.807) is 0 Å². The van der Waals surface area contributed by atoms with Crippen molar-refractivity contribution >= 4 is 16.7 Å². The van der Waals surface area contributed by atoms with Gasteiger partial charge in [-0.15, -0.1) is 0 Å². The molecule has 0 unspecified atom stereocenters. The molecule has 134 valence electrons. The zero-order valence-corrected chi connectivity index (χ0v) is 15.7. The fourth-order valence-corrected chi connectivity index (χ4v) is 3.32. The Morgan fingerprint density at radius 3 is 2.54 bits per heavy atom. The van der Waals surface area contributed by atoms with Gasteiger partial charge in [-0.2, -0.15) is 0 Å². The van der Waals surface area contributed by atoms with E-state index in [-0.39, 0.29) is 5.91 Å². The van der Waals surface area contributed by atoms with Crippen LogP contribution >= 0.6 is 0 Å². The van der Waals surface area contributed by atoms with Gasteiger partial charge >= 0.3 is 0 Å². The molecule has 26 heavy (non-hydrogen) atoms. The highest BCUT2D eigenvalue weighted by molar-refractivity contribution is 5.85. The molecular formula is C24H27NO. The van der Waals surface area contributed by atoms with Crippen molar-refractivity contribution < 1.29 is 4.79 Å². The second-order valence-electron chi connectivity index (χ2n) is 7.01. The number of amides is 1. The van der Waals surface area contributed by atoms with Crippen molar-refractivity contribution in [3.8, 4) is 0 Å². The minimum absolute atomic E-state index is 0.140. The number of carbonyl (C=O) groups excluding carboxylic acids is 1. The highest BCUT2D eigenvalue weighted by Gasteiger charge is 2.04. The van der Waals surface area contributed by atoms with E-state index < -0.39 is 0 Å². The molecule has 0 atom stereocenters. The van der Waals surface area contributed by atoms with Crippen molar-refractivity contribution in [3.63, 3.8) is 0 Å². The fourth-order valence-electron chi connectivity index (χ4n) is 3.32. The van der Waals surface area contributed by atoms with E-state index in [1.807, 2.05) is 0 Å². The number of hydrogen-bond donors (Lipinski definition) is 1. The first-order chi connectivity index (χ1) is 12.6. The van der Waals surface area contributed by atoms with Gasteiger partial charge in [-0.05, 0) is 66.1 Å². The Hall–Kier alpha value is -2.61. The largest absolute Gasteiger partial charge is 0.356 e. The van der Waals surface area contributed by atoms with Crippen molar-refractivity contribution in [2.75, 3.05) is 6.54 Å². The molecule has 0 aromatic heterocycles. The first-order valence-electron chi connectivity index (χ1n) is 9.43. The molecule has 0 bridgehead atoms. The van der Waals surface area contributed by atoms with Gasteiger partial charge in [-0.3, -0.25) is 4.79 Å². The van der Waals surface area contributed by atoms with E-state index in [1.165, 1.54) is 33.0 Å². The molecule has 2 heteroatoms. The van der Waals surface area contributed by atoms with Crippen LogP contribution in [0, 0.1) is 13.8 Å². The average Bonchev–Trinajstić information content (AvgIpc) is 2.66. The number of fused-ring (bicyclic) bond motifs is 1. The van der Waals surface area contributed by atoms with Gasteiger partial charge < -0.3 is 5.32 Å². The van der Waals surface area contributed by atoms with E-state index in [9.17, 15) is 4.79 Å². The molecule has 0 fully saturated rings. The third-order valence-corrected chi connectivity index (χ3v) is 5.04. The van der Waals surface area contributed by atoms with Gasteiger partial charge in [0, 0.05) is 13.0 Å². The molecule has 0 saturated heterocycles. The van der Waals surface area contributed by atoms with Crippen LogP contribution in [-0.2, 0) is 17.6 Å². The zero-order chi connectivity index (χ0) is 18.4. The van der Waals surface area contributed by atoms with E-state index >= 15 is 0 Å². The quantitative estimate of drug-likeness (QED) is 0.590. The molecule has 0 aliphatic heterocycles. The van der Waals surface area contributed by atoms with Crippen LogP contribution in [0.1, 0.15) is 35.1 Å². The standard InChI is InChI=1S/C24H27NO/c1-18-12-13-20(17-19(18)2)14-15-24(26)25-16-6-10-22-9-5-8-21-7-3-4-11-23(21)22/h3-5,7-9,11-13,17H,6,10,14-16H2,1-2H3,(H,25,26). The number of benzene rings is 3. The maximum absolute atomic E-state index is 12.1. The number of rotatable bonds is 7. The summed E-state index contributed by atoms with van der Waals surface area (Å²) in [5.74, 6) is 0.140. The summed E-state index contributed by atoms with van der Waals surface area (Å²) in [5.41, 5.74) is 5.18. The highest BCUT2D eigenvalue weighted by Crippen LogP contribution is 2.19. The van der Waals surface area contributed by atoms with Crippen molar-refractivity contribution in [1.29, 1.82) is 0 Å². The second-order valence-corrected chi connectivity index (χ2v) is 7.01. The molecule has 3 aromatic carbocycles. The normalized spacial score (nSPS) is 10.8. The molecule has 0 aliphatic carbocycles. The van der Waals surface area contributed by atoms with Crippen LogP contribution in [0.3, 0.4) is 0 Å². The van der Waals surface area contributed by atoms with E-state index in [0.29, 0.717) is 6.42 Å². The van der Waals surface area contributed by atoms with Crippen molar-refractivity contribution in [2.24, 2.45) is 0 Å². The topological polar surface area (TPSA) is 29.1 Å². The smallest absolute Gasteiger partial charge is 0.220 e. The van der Waals surface area contributed by atoms with Crippen molar-refractivity contribution in [3.05, 3.63) is 82.9 Å². The number of hydrogen-bond acceptors (Lipinski definition) is 1. The SMILES string of the molecule is Cc1ccc(CCC(=O)NCCCc2cccc3ccccc23)cc1C. The summed E-state index contributed by atoms with van der Waals surface area (Å²) in [4.78, 5) is 12.1. The first-order valence-corrected chi connectivity index (χ1v) is 9.43. The van der Waals surface area contributed by atoms with E-state index in [0.717, 1.165) is 25.8 Å². The summed E-state index contributed by atoms with van der Waals surface area (Å²) in [6.07, 6.45) is 3.30. The lowest BCUT2D eigenvalue weighted by Crippen LogP contribution is -2.25. The van der Waals surface area contributed by atoms with Gasteiger partial charge in [0.25, 0.3) is 0 Å². The predicted molar refractivity (Wildman–Crippen MR) is 110 cm³/mol. The number of aryl methyl sites for hydroxylation is 4. The number of carbonyl (C=O) groups is 1. The maximum Gasteiger partial charge on any atom is 0.220 e. The third kappa shape index (κ3) is 4.72. The van der Waals surface area contributed by atoms with Crippen LogP contribution in [0.2, 0.25) is 0 Å². The third-order valence-electron chi connectivity index (χ3n) is 5.04. The lowest BCUT2D eigenvalue weighted by molar-refractivity contribution is -0.121. The lowest BCUT2D eigenvalue weighted by atomic mass is 10.0. The lowest BCUT2D eigenvalue weighted by Gasteiger charge is -2.08. The summed E-state index contributed by atoms with van der Waals surface area (Å²) in [5, 5.41) is 5.65. The van der Waals surface area contributed by atoms with Gasteiger partial charge in [-0.1, -0.05) is 60.7 Å². The summed E-state index contributed by atoms with van der Waals surface area (Å²) in [6, 6.07) is 21.4. The van der Waals surface area contributed by atoms with E-state index in [4.69, 9.17) is 0 Å². The summed E-state index contributed by atoms with van der Waals surface area (Å²) in [7, 11) is 0. The van der Waals surface area contributed by atoms with Crippen molar-refractivity contribution in [1.82, 2.24) is 5.32 Å². The molecule has 1 amide bonds.